The van der Waals surface area contributed by atoms with E-state index in [9.17, 15) is 0 Å². The molecule has 0 fully saturated rings. The maximum absolute atomic E-state index is 4.39. The summed E-state index contributed by atoms with van der Waals surface area (Å²) in [7, 11) is 1.77. The number of aryl methyl sites for hydroxylation is 2. The summed E-state index contributed by atoms with van der Waals surface area (Å²) >= 11 is 0. The summed E-state index contributed by atoms with van der Waals surface area (Å²) in [5, 5.41) is 23.1. The zero-order chi connectivity index (χ0) is 16.9. The fraction of sp³-hybridized carbons (Fsp3) is 0.357. The van der Waals surface area contributed by atoms with Gasteiger partial charge in [-0.25, -0.2) is 0 Å². The van der Waals surface area contributed by atoms with Gasteiger partial charge in [-0.15, -0.1) is 0 Å². The Morgan fingerprint density at radius 2 is 1.25 bits per heavy atom. The molecule has 0 aromatic carbocycles. The first kappa shape index (κ1) is 15.7. The molecule has 0 aliphatic carbocycles. The van der Waals surface area contributed by atoms with E-state index in [0.717, 1.165) is 22.5 Å². The van der Waals surface area contributed by atoms with Gasteiger partial charge in [-0.1, -0.05) is 0 Å². The van der Waals surface area contributed by atoms with Gasteiger partial charge in [-0.05, 0) is 13.8 Å². The third-order valence-corrected chi connectivity index (χ3v) is 3.60. The molecule has 3 heterocycles. The van der Waals surface area contributed by atoms with Gasteiger partial charge < -0.3 is 16.0 Å². The van der Waals surface area contributed by atoms with Crippen LogP contribution in [0.5, 0.6) is 0 Å². The highest BCUT2D eigenvalue weighted by Crippen LogP contribution is 2.12. The molecule has 3 rings (SSSR count). The predicted molar refractivity (Wildman–Crippen MR) is 90.7 cm³/mol. The topological polar surface area (TPSA) is 132 Å². The Bertz CT molecular complexity index is 743. The van der Waals surface area contributed by atoms with Gasteiger partial charge in [-0.3, -0.25) is 10.2 Å². The van der Waals surface area contributed by atoms with Crippen LogP contribution in [0.4, 0.5) is 17.8 Å². The van der Waals surface area contributed by atoms with Gasteiger partial charge in [0.05, 0.1) is 12.4 Å². The number of nitrogens with zero attached hydrogens (tertiary/aromatic N) is 5. The van der Waals surface area contributed by atoms with Crippen molar-refractivity contribution in [3.05, 3.63) is 34.9 Å². The first-order valence-electron chi connectivity index (χ1n) is 7.55. The number of anilines is 3. The van der Waals surface area contributed by atoms with Crippen molar-refractivity contribution in [1.29, 1.82) is 0 Å². The third-order valence-electron chi connectivity index (χ3n) is 3.60. The zero-order valence-electron chi connectivity index (χ0n) is 13.8. The van der Waals surface area contributed by atoms with Crippen LogP contribution in [0.25, 0.3) is 0 Å². The minimum Gasteiger partial charge on any atom is -0.357 e. The second-order valence-electron chi connectivity index (χ2n) is 5.30. The molecular formula is C14H20N10. The SMILES string of the molecule is CNc1nc(NCc2cn[nH]c2C)nc(NCc2cn[nH]c2C)n1. The van der Waals surface area contributed by atoms with Crippen LogP contribution in [-0.4, -0.2) is 42.4 Å². The number of hydrogen-bond donors (Lipinski definition) is 5. The molecule has 5 N–H and O–H groups in total. The second-order valence-corrected chi connectivity index (χ2v) is 5.30. The van der Waals surface area contributed by atoms with E-state index in [1.807, 2.05) is 13.8 Å². The van der Waals surface area contributed by atoms with Gasteiger partial charge in [0, 0.05) is 42.7 Å². The summed E-state index contributed by atoms with van der Waals surface area (Å²) < 4.78 is 0. The lowest BCUT2D eigenvalue weighted by Gasteiger charge is -2.09. The van der Waals surface area contributed by atoms with Crippen LogP contribution in [-0.2, 0) is 13.1 Å². The van der Waals surface area contributed by atoms with E-state index in [-0.39, 0.29) is 0 Å². The van der Waals surface area contributed by atoms with Crippen molar-refractivity contribution in [3.8, 4) is 0 Å². The average Bonchev–Trinajstić information content (AvgIpc) is 3.19. The highest BCUT2D eigenvalue weighted by molar-refractivity contribution is 5.42. The molecule has 0 atom stereocenters. The summed E-state index contributed by atoms with van der Waals surface area (Å²) in [6, 6.07) is 0. The number of rotatable bonds is 7. The molecule has 3 aromatic rings. The second kappa shape index (κ2) is 6.94. The van der Waals surface area contributed by atoms with E-state index < -0.39 is 0 Å². The largest absolute Gasteiger partial charge is 0.357 e. The van der Waals surface area contributed by atoms with Crippen molar-refractivity contribution < 1.29 is 0 Å². The summed E-state index contributed by atoms with van der Waals surface area (Å²) in [4.78, 5) is 13.0. The minimum absolute atomic E-state index is 0.487. The first-order valence-corrected chi connectivity index (χ1v) is 7.55. The van der Waals surface area contributed by atoms with Gasteiger partial charge in [0.2, 0.25) is 17.8 Å². The van der Waals surface area contributed by atoms with Gasteiger partial charge in [0.25, 0.3) is 0 Å². The lowest BCUT2D eigenvalue weighted by molar-refractivity contribution is 0.972. The molecule has 24 heavy (non-hydrogen) atoms. The lowest BCUT2D eigenvalue weighted by Crippen LogP contribution is -2.11. The van der Waals surface area contributed by atoms with E-state index in [2.05, 4.69) is 51.3 Å². The maximum Gasteiger partial charge on any atom is 0.229 e. The molecule has 0 spiro atoms. The molecule has 0 amide bonds. The van der Waals surface area contributed by atoms with Crippen molar-refractivity contribution in [1.82, 2.24) is 35.3 Å². The Labute approximate surface area is 138 Å². The van der Waals surface area contributed by atoms with Crippen LogP contribution >= 0.6 is 0 Å². The number of aromatic amines is 2. The summed E-state index contributed by atoms with van der Waals surface area (Å²) in [6.45, 7) is 5.10. The zero-order valence-corrected chi connectivity index (χ0v) is 13.8. The molecule has 126 valence electrons. The summed E-state index contributed by atoms with van der Waals surface area (Å²) in [5.41, 5.74) is 4.15. The quantitative estimate of drug-likeness (QED) is 0.437. The van der Waals surface area contributed by atoms with E-state index in [4.69, 9.17) is 0 Å². The number of hydrogen-bond acceptors (Lipinski definition) is 8. The Morgan fingerprint density at radius 1 is 0.792 bits per heavy atom. The number of nitrogens with one attached hydrogen (secondary N) is 5. The molecule has 0 bridgehead atoms. The fourth-order valence-corrected chi connectivity index (χ4v) is 2.10. The molecule has 0 radical (unpaired) electrons. The van der Waals surface area contributed by atoms with Gasteiger partial charge in [0.1, 0.15) is 0 Å². The number of aromatic nitrogens is 7. The Balaban J connectivity index is 1.70. The Morgan fingerprint density at radius 3 is 1.62 bits per heavy atom. The van der Waals surface area contributed by atoms with Crippen LogP contribution in [0.15, 0.2) is 12.4 Å². The van der Waals surface area contributed by atoms with Crippen LogP contribution in [0.1, 0.15) is 22.5 Å². The minimum atomic E-state index is 0.487. The van der Waals surface area contributed by atoms with Crippen molar-refractivity contribution in [2.24, 2.45) is 0 Å². The van der Waals surface area contributed by atoms with E-state index in [1.165, 1.54) is 0 Å². The third kappa shape index (κ3) is 3.59. The molecule has 0 unspecified atom stereocenters. The van der Waals surface area contributed by atoms with Crippen molar-refractivity contribution in [3.63, 3.8) is 0 Å². The molecule has 0 saturated heterocycles. The maximum atomic E-state index is 4.39. The molecular weight excluding hydrogens is 308 g/mol. The lowest BCUT2D eigenvalue weighted by atomic mass is 10.3. The van der Waals surface area contributed by atoms with Crippen molar-refractivity contribution >= 4 is 17.8 Å². The number of H-pyrrole nitrogens is 2. The van der Waals surface area contributed by atoms with Crippen LogP contribution in [0.3, 0.4) is 0 Å². The van der Waals surface area contributed by atoms with Crippen LogP contribution < -0.4 is 16.0 Å². The first-order chi connectivity index (χ1) is 11.7. The summed E-state index contributed by atoms with van der Waals surface area (Å²) in [5.74, 6) is 1.46. The predicted octanol–water partition coefficient (Wildman–Crippen LogP) is 1.20. The normalized spacial score (nSPS) is 10.6. The molecule has 0 aliphatic rings. The highest BCUT2D eigenvalue weighted by atomic mass is 15.3. The smallest absolute Gasteiger partial charge is 0.229 e. The van der Waals surface area contributed by atoms with E-state index in [1.54, 1.807) is 19.4 Å². The Hall–Kier alpha value is -3.17. The average molecular weight is 328 g/mol. The Kier molecular flexibility index (Phi) is 4.54. The van der Waals surface area contributed by atoms with Gasteiger partial charge in [-0.2, -0.15) is 25.1 Å². The standard InChI is InChI=1S/C14H20N10/c1-8-10(6-18-23-8)4-16-13-20-12(15-3)21-14(22-13)17-5-11-7-19-24-9(11)2/h6-7H,4-5H2,1-3H3,(H,18,23)(H,19,24)(H3,15,16,17,20,21,22). The van der Waals surface area contributed by atoms with Crippen LogP contribution in [0, 0.1) is 13.8 Å². The highest BCUT2D eigenvalue weighted by Gasteiger charge is 2.08. The van der Waals surface area contributed by atoms with E-state index >= 15 is 0 Å². The monoisotopic (exact) mass is 328 g/mol. The molecule has 10 heteroatoms. The van der Waals surface area contributed by atoms with Gasteiger partial charge in [0.15, 0.2) is 0 Å². The summed E-state index contributed by atoms with van der Waals surface area (Å²) in [6.07, 6.45) is 3.56. The van der Waals surface area contributed by atoms with Gasteiger partial charge >= 0.3 is 0 Å². The van der Waals surface area contributed by atoms with E-state index in [0.29, 0.717) is 30.9 Å². The molecule has 3 aromatic heterocycles. The molecule has 0 saturated carbocycles. The molecule has 10 nitrogen and oxygen atoms in total. The van der Waals surface area contributed by atoms with Crippen molar-refractivity contribution in [2.45, 2.75) is 26.9 Å². The van der Waals surface area contributed by atoms with Crippen molar-refractivity contribution in [2.75, 3.05) is 23.0 Å². The fourth-order valence-electron chi connectivity index (χ4n) is 2.10. The van der Waals surface area contributed by atoms with Crippen LogP contribution in [0.2, 0.25) is 0 Å². The molecule has 0 aliphatic heterocycles.